The lowest BCUT2D eigenvalue weighted by molar-refractivity contribution is 0.722. The van der Waals surface area contributed by atoms with Crippen molar-refractivity contribution in [3.8, 4) is 22.9 Å². The lowest BCUT2D eigenvalue weighted by Gasteiger charge is -1.96. The second-order valence-corrected chi connectivity index (χ2v) is 4.29. The van der Waals surface area contributed by atoms with Crippen molar-refractivity contribution >= 4 is 0 Å². The van der Waals surface area contributed by atoms with E-state index in [1.807, 2.05) is 35.0 Å². The molecule has 0 amide bonds. The molecule has 3 heterocycles. The summed E-state index contributed by atoms with van der Waals surface area (Å²) < 4.78 is 1.94. The van der Waals surface area contributed by atoms with Crippen molar-refractivity contribution in [2.45, 2.75) is 6.54 Å². The zero-order valence-corrected chi connectivity index (χ0v) is 9.61. The third-order valence-corrected chi connectivity index (χ3v) is 3.14. The molecule has 4 nitrogen and oxygen atoms in total. The van der Waals surface area contributed by atoms with Crippen LogP contribution in [0.5, 0.6) is 0 Å². The van der Waals surface area contributed by atoms with E-state index in [1.165, 1.54) is 11.1 Å². The Labute approximate surface area is 104 Å². The van der Waals surface area contributed by atoms with Crippen LogP contribution in [0, 0.1) is 0 Å². The molecule has 0 fully saturated rings. The van der Waals surface area contributed by atoms with Gasteiger partial charge < -0.3 is 0 Å². The van der Waals surface area contributed by atoms with Gasteiger partial charge in [0.25, 0.3) is 0 Å². The van der Waals surface area contributed by atoms with E-state index in [9.17, 15) is 0 Å². The SMILES string of the molecule is c1ccc(-c2nc3n(n2)Cc2ccccc2-3)nc1. The molecule has 0 radical (unpaired) electrons. The van der Waals surface area contributed by atoms with E-state index in [0.29, 0.717) is 5.82 Å². The zero-order valence-electron chi connectivity index (χ0n) is 9.61. The molecule has 1 aliphatic heterocycles. The second kappa shape index (κ2) is 3.50. The first kappa shape index (κ1) is 9.53. The van der Waals surface area contributed by atoms with Gasteiger partial charge in [0.1, 0.15) is 5.69 Å². The van der Waals surface area contributed by atoms with E-state index in [4.69, 9.17) is 0 Å². The molecule has 1 aliphatic rings. The maximum Gasteiger partial charge on any atom is 0.200 e. The van der Waals surface area contributed by atoms with Gasteiger partial charge >= 0.3 is 0 Å². The topological polar surface area (TPSA) is 43.6 Å². The lowest BCUT2D eigenvalue weighted by Crippen LogP contribution is -1.95. The number of nitrogens with zero attached hydrogens (tertiary/aromatic N) is 4. The molecule has 0 spiro atoms. The van der Waals surface area contributed by atoms with Crippen LogP contribution >= 0.6 is 0 Å². The van der Waals surface area contributed by atoms with Crippen LogP contribution < -0.4 is 0 Å². The summed E-state index contributed by atoms with van der Waals surface area (Å²) in [5.41, 5.74) is 3.27. The van der Waals surface area contributed by atoms with Gasteiger partial charge in [0.15, 0.2) is 11.6 Å². The predicted octanol–water partition coefficient (Wildman–Crippen LogP) is 2.37. The Morgan fingerprint density at radius 1 is 1.00 bits per heavy atom. The van der Waals surface area contributed by atoms with Crippen LogP contribution in [0.15, 0.2) is 48.7 Å². The van der Waals surface area contributed by atoms with Crippen molar-refractivity contribution < 1.29 is 0 Å². The summed E-state index contributed by atoms with van der Waals surface area (Å²) in [5, 5.41) is 4.52. The molecular formula is C14H10N4. The number of hydrogen-bond donors (Lipinski definition) is 0. The molecule has 4 rings (SSSR count). The first-order chi connectivity index (χ1) is 8.92. The number of aromatic nitrogens is 4. The molecule has 86 valence electrons. The summed E-state index contributed by atoms with van der Waals surface area (Å²) >= 11 is 0. The summed E-state index contributed by atoms with van der Waals surface area (Å²) in [6, 6.07) is 14.0. The van der Waals surface area contributed by atoms with E-state index in [0.717, 1.165) is 18.1 Å². The van der Waals surface area contributed by atoms with Crippen LogP contribution in [0.2, 0.25) is 0 Å². The molecule has 3 aromatic rings. The van der Waals surface area contributed by atoms with E-state index in [2.05, 4.69) is 27.2 Å². The summed E-state index contributed by atoms with van der Waals surface area (Å²) in [7, 11) is 0. The first-order valence-corrected chi connectivity index (χ1v) is 5.86. The average Bonchev–Trinajstić information content (AvgIpc) is 2.97. The van der Waals surface area contributed by atoms with Crippen molar-refractivity contribution in [1.82, 2.24) is 19.7 Å². The van der Waals surface area contributed by atoms with Gasteiger partial charge in [-0.05, 0) is 17.7 Å². The Kier molecular flexibility index (Phi) is 1.85. The quantitative estimate of drug-likeness (QED) is 0.508. The Bertz CT molecular complexity index is 716. The van der Waals surface area contributed by atoms with Crippen molar-refractivity contribution in [3.05, 3.63) is 54.2 Å². The van der Waals surface area contributed by atoms with Gasteiger partial charge in [0.2, 0.25) is 0 Å². The minimum Gasteiger partial charge on any atom is -0.253 e. The number of rotatable bonds is 1. The Hall–Kier alpha value is -2.49. The highest BCUT2D eigenvalue weighted by Crippen LogP contribution is 2.30. The minimum atomic E-state index is 0.695. The molecule has 2 aromatic heterocycles. The molecule has 0 N–H and O–H groups in total. The summed E-state index contributed by atoms with van der Waals surface area (Å²) in [4.78, 5) is 8.87. The zero-order chi connectivity index (χ0) is 11.9. The lowest BCUT2D eigenvalue weighted by atomic mass is 10.1. The molecule has 0 atom stereocenters. The van der Waals surface area contributed by atoms with Gasteiger partial charge in [-0.15, -0.1) is 5.10 Å². The van der Waals surface area contributed by atoms with Crippen LogP contribution in [0.25, 0.3) is 22.9 Å². The molecule has 1 aromatic carbocycles. The van der Waals surface area contributed by atoms with E-state index in [1.54, 1.807) is 6.20 Å². The van der Waals surface area contributed by atoms with Crippen LogP contribution in [0.3, 0.4) is 0 Å². The Balaban J connectivity index is 1.86. The number of fused-ring (bicyclic) bond motifs is 3. The summed E-state index contributed by atoms with van der Waals surface area (Å²) in [5.74, 6) is 1.63. The monoisotopic (exact) mass is 234 g/mol. The number of pyridine rings is 1. The molecule has 0 saturated carbocycles. The molecule has 0 bridgehead atoms. The highest BCUT2D eigenvalue weighted by Gasteiger charge is 2.22. The number of hydrogen-bond acceptors (Lipinski definition) is 3. The third-order valence-electron chi connectivity index (χ3n) is 3.14. The fourth-order valence-corrected chi connectivity index (χ4v) is 2.29. The molecule has 0 unspecified atom stereocenters. The minimum absolute atomic E-state index is 0.695. The normalized spacial score (nSPS) is 12.2. The van der Waals surface area contributed by atoms with E-state index in [-0.39, 0.29) is 0 Å². The maximum atomic E-state index is 4.59. The largest absolute Gasteiger partial charge is 0.253 e. The highest BCUT2D eigenvalue weighted by molar-refractivity contribution is 5.66. The van der Waals surface area contributed by atoms with Crippen molar-refractivity contribution in [2.75, 3.05) is 0 Å². The first-order valence-electron chi connectivity index (χ1n) is 5.86. The van der Waals surface area contributed by atoms with Gasteiger partial charge in [0.05, 0.1) is 6.54 Å². The molecule has 18 heavy (non-hydrogen) atoms. The van der Waals surface area contributed by atoms with E-state index < -0.39 is 0 Å². The fraction of sp³-hybridized carbons (Fsp3) is 0.0714. The Morgan fingerprint density at radius 3 is 2.78 bits per heavy atom. The smallest absolute Gasteiger partial charge is 0.200 e. The highest BCUT2D eigenvalue weighted by atomic mass is 15.4. The summed E-state index contributed by atoms with van der Waals surface area (Å²) in [6.07, 6.45) is 1.76. The Morgan fingerprint density at radius 2 is 1.89 bits per heavy atom. The van der Waals surface area contributed by atoms with Crippen LogP contribution in [-0.4, -0.2) is 19.7 Å². The van der Waals surface area contributed by atoms with Crippen molar-refractivity contribution in [2.24, 2.45) is 0 Å². The van der Waals surface area contributed by atoms with Gasteiger partial charge in [-0.3, -0.25) is 4.98 Å². The van der Waals surface area contributed by atoms with Gasteiger partial charge in [-0.2, -0.15) is 0 Å². The summed E-state index contributed by atoms with van der Waals surface area (Å²) in [6.45, 7) is 0.797. The predicted molar refractivity (Wildman–Crippen MR) is 67.8 cm³/mol. The molecular weight excluding hydrogens is 224 g/mol. The standard InChI is InChI=1S/C14H10N4/c1-2-6-11-10(5-1)9-18-14(11)16-13(17-18)12-7-3-4-8-15-12/h1-8H,9H2. The van der Waals surface area contributed by atoms with Crippen LogP contribution in [0.1, 0.15) is 5.56 Å². The second-order valence-electron chi connectivity index (χ2n) is 4.29. The van der Waals surface area contributed by atoms with Crippen LogP contribution in [-0.2, 0) is 6.54 Å². The van der Waals surface area contributed by atoms with Gasteiger partial charge in [-0.1, -0.05) is 30.3 Å². The number of benzene rings is 1. The van der Waals surface area contributed by atoms with Crippen molar-refractivity contribution in [3.63, 3.8) is 0 Å². The van der Waals surface area contributed by atoms with Gasteiger partial charge in [0, 0.05) is 11.8 Å². The molecule has 0 aliphatic carbocycles. The average molecular weight is 234 g/mol. The molecule has 4 heteroatoms. The fourth-order valence-electron chi connectivity index (χ4n) is 2.29. The van der Waals surface area contributed by atoms with Gasteiger partial charge in [-0.25, -0.2) is 9.67 Å². The van der Waals surface area contributed by atoms with Crippen LogP contribution in [0.4, 0.5) is 0 Å². The third kappa shape index (κ3) is 1.29. The molecule has 0 saturated heterocycles. The maximum absolute atomic E-state index is 4.59. The van der Waals surface area contributed by atoms with Crippen molar-refractivity contribution in [1.29, 1.82) is 0 Å². The van der Waals surface area contributed by atoms with E-state index >= 15 is 0 Å².